The number of benzene rings is 1. The van der Waals surface area contributed by atoms with Gasteiger partial charge in [0.15, 0.2) is 0 Å². The Hall–Kier alpha value is -2.96. The Morgan fingerprint density at radius 1 is 1.12 bits per heavy atom. The number of aromatic nitrogens is 1. The van der Waals surface area contributed by atoms with E-state index in [0.717, 1.165) is 43.4 Å². The first-order valence-corrected chi connectivity index (χ1v) is 8.74. The van der Waals surface area contributed by atoms with E-state index in [1.54, 1.807) is 20.2 Å². The molecule has 1 N–H and O–H groups in total. The normalized spacial score (nSPS) is 14.1. The predicted octanol–water partition coefficient (Wildman–Crippen LogP) is 2.99. The first kappa shape index (κ1) is 17.8. The van der Waals surface area contributed by atoms with Gasteiger partial charge in [-0.3, -0.25) is 5.32 Å². The van der Waals surface area contributed by atoms with Gasteiger partial charge in [0.1, 0.15) is 11.6 Å². The molecule has 1 aliphatic heterocycles. The summed E-state index contributed by atoms with van der Waals surface area (Å²) in [5.74, 6) is 1.80. The van der Waals surface area contributed by atoms with Crippen molar-refractivity contribution in [1.82, 2.24) is 4.98 Å². The number of nitrogens with zero attached hydrogens (tertiary/aromatic N) is 3. The summed E-state index contributed by atoms with van der Waals surface area (Å²) in [7, 11) is 1.70. The lowest BCUT2D eigenvalue weighted by molar-refractivity contribution is 0.168. The Kier molecular flexibility index (Phi) is 5.78. The standard InChI is InChI=1S/C19H24N4O3/c1-3-26-19(24)21-15-8-9-18(20-14-15)23-12-10-22(11-13-23)16-6-4-5-7-17(16)25-2/h4-9,14H,3,10-13H2,1-2H3,(H,21,24). The van der Waals surface area contributed by atoms with E-state index in [2.05, 4.69) is 26.2 Å². The Labute approximate surface area is 153 Å². The fraction of sp³-hybridized carbons (Fsp3) is 0.368. The van der Waals surface area contributed by atoms with Crippen LogP contribution in [0.3, 0.4) is 0 Å². The number of anilines is 3. The molecule has 0 aliphatic carbocycles. The predicted molar refractivity (Wildman–Crippen MR) is 102 cm³/mol. The average Bonchev–Trinajstić information content (AvgIpc) is 2.69. The van der Waals surface area contributed by atoms with Crippen LogP contribution in [0.5, 0.6) is 5.75 Å². The molecule has 1 aliphatic rings. The van der Waals surface area contributed by atoms with Crippen LogP contribution in [-0.2, 0) is 4.74 Å². The second kappa shape index (κ2) is 8.42. The smallest absolute Gasteiger partial charge is 0.411 e. The van der Waals surface area contributed by atoms with E-state index in [-0.39, 0.29) is 0 Å². The Morgan fingerprint density at radius 3 is 2.50 bits per heavy atom. The van der Waals surface area contributed by atoms with Gasteiger partial charge in [0.25, 0.3) is 0 Å². The second-order valence-electron chi connectivity index (χ2n) is 5.90. The van der Waals surface area contributed by atoms with E-state index in [9.17, 15) is 4.79 Å². The summed E-state index contributed by atoms with van der Waals surface area (Å²) < 4.78 is 10.3. The van der Waals surface area contributed by atoms with Crippen LogP contribution in [-0.4, -0.2) is 51.0 Å². The van der Waals surface area contributed by atoms with Gasteiger partial charge >= 0.3 is 6.09 Å². The molecular weight excluding hydrogens is 332 g/mol. The van der Waals surface area contributed by atoms with Crippen LogP contribution in [0.25, 0.3) is 0 Å². The van der Waals surface area contributed by atoms with Crippen LogP contribution >= 0.6 is 0 Å². The fourth-order valence-electron chi connectivity index (χ4n) is 3.00. The molecular formula is C19H24N4O3. The van der Waals surface area contributed by atoms with Crippen LogP contribution < -0.4 is 19.9 Å². The molecule has 7 nitrogen and oxygen atoms in total. The van der Waals surface area contributed by atoms with Crippen molar-refractivity contribution in [1.29, 1.82) is 0 Å². The molecule has 138 valence electrons. The molecule has 1 fully saturated rings. The zero-order chi connectivity index (χ0) is 18.4. The lowest BCUT2D eigenvalue weighted by Crippen LogP contribution is -2.46. The summed E-state index contributed by atoms with van der Waals surface area (Å²) in [6, 6.07) is 11.8. The van der Waals surface area contributed by atoms with Crippen molar-refractivity contribution in [2.24, 2.45) is 0 Å². The quantitative estimate of drug-likeness (QED) is 0.888. The molecule has 0 unspecified atom stereocenters. The van der Waals surface area contributed by atoms with E-state index in [4.69, 9.17) is 9.47 Å². The topological polar surface area (TPSA) is 66.9 Å². The monoisotopic (exact) mass is 356 g/mol. The Balaban J connectivity index is 1.59. The summed E-state index contributed by atoms with van der Waals surface area (Å²) in [4.78, 5) is 20.5. The van der Waals surface area contributed by atoms with Gasteiger partial charge in [-0.25, -0.2) is 9.78 Å². The van der Waals surface area contributed by atoms with Crippen LogP contribution in [0.2, 0.25) is 0 Å². The number of methoxy groups -OCH3 is 1. The van der Waals surface area contributed by atoms with Crippen molar-refractivity contribution >= 4 is 23.3 Å². The number of ether oxygens (including phenoxy) is 2. The summed E-state index contributed by atoms with van der Waals surface area (Å²) in [5.41, 5.74) is 1.75. The van der Waals surface area contributed by atoms with Crippen LogP contribution in [0.15, 0.2) is 42.6 Å². The van der Waals surface area contributed by atoms with Crippen molar-refractivity contribution in [2.45, 2.75) is 6.92 Å². The molecule has 1 amide bonds. The molecule has 2 aromatic rings. The maximum absolute atomic E-state index is 11.4. The minimum absolute atomic E-state index is 0.341. The number of piperazine rings is 1. The minimum atomic E-state index is -0.465. The molecule has 3 rings (SSSR count). The number of nitrogens with one attached hydrogen (secondary N) is 1. The van der Waals surface area contributed by atoms with Gasteiger partial charge < -0.3 is 19.3 Å². The molecule has 0 atom stereocenters. The largest absolute Gasteiger partial charge is 0.495 e. The van der Waals surface area contributed by atoms with Crippen LogP contribution in [0.4, 0.5) is 22.0 Å². The zero-order valence-electron chi connectivity index (χ0n) is 15.1. The minimum Gasteiger partial charge on any atom is -0.495 e. The Morgan fingerprint density at radius 2 is 1.85 bits per heavy atom. The molecule has 7 heteroatoms. The third-order valence-corrected chi connectivity index (χ3v) is 4.30. The second-order valence-corrected chi connectivity index (χ2v) is 5.90. The first-order chi connectivity index (χ1) is 12.7. The summed E-state index contributed by atoms with van der Waals surface area (Å²) >= 11 is 0. The highest BCUT2D eigenvalue weighted by Crippen LogP contribution is 2.29. The van der Waals surface area contributed by atoms with Crippen molar-refractivity contribution < 1.29 is 14.3 Å². The lowest BCUT2D eigenvalue weighted by Gasteiger charge is -2.37. The number of pyridine rings is 1. The number of amides is 1. The summed E-state index contributed by atoms with van der Waals surface area (Å²) in [6.07, 6.45) is 1.19. The molecule has 1 aromatic heterocycles. The van der Waals surface area contributed by atoms with Crippen LogP contribution in [0.1, 0.15) is 6.92 Å². The molecule has 0 radical (unpaired) electrons. The van der Waals surface area contributed by atoms with Gasteiger partial charge in [0.05, 0.1) is 31.3 Å². The highest BCUT2D eigenvalue weighted by molar-refractivity contribution is 5.84. The maximum atomic E-state index is 11.4. The van der Waals surface area contributed by atoms with E-state index >= 15 is 0 Å². The van der Waals surface area contributed by atoms with Crippen molar-refractivity contribution in [3.05, 3.63) is 42.6 Å². The number of carbonyl (C=O) groups excluding carboxylic acids is 1. The molecule has 0 saturated carbocycles. The Bertz CT molecular complexity index is 728. The number of hydrogen-bond donors (Lipinski definition) is 1. The van der Waals surface area contributed by atoms with Crippen molar-refractivity contribution in [2.75, 3.05) is 55.0 Å². The molecule has 26 heavy (non-hydrogen) atoms. The maximum Gasteiger partial charge on any atom is 0.411 e. The fourth-order valence-corrected chi connectivity index (χ4v) is 3.00. The number of rotatable bonds is 5. The van der Waals surface area contributed by atoms with Crippen molar-refractivity contribution in [3.63, 3.8) is 0 Å². The summed E-state index contributed by atoms with van der Waals surface area (Å²) in [5, 5.41) is 2.65. The van der Waals surface area contributed by atoms with E-state index in [0.29, 0.717) is 12.3 Å². The molecule has 1 saturated heterocycles. The molecule has 1 aromatic carbocycles. The molecule has 0 bridgehead atoms. The van der Waals surface area contributed by atoms with Gasteiger partial charge in [-0.1, -0.05) is 12.1 Å². The zero-order valence-corrected chi connectivity index (χ0v) is 15.1. The SMILES string of the molecule is CCOC(=O)Nc1ccc(N2CCN(c3ccccc3OC)CC2)nc1. The van der Waals surface area contributed by atoms with Gasteiger partial charge in [0.2, 0.25) is 0 Å². The van der Waals surface area contributed by atoms with Crippen molar-refractivity contribution in [3.8, 4) is 5.75 Å². The van der Waals surface area contributed by atoms with E-state index in [1.807, 2.05) is 30.3 Å². The van der Waals surface area contributed by atoms with Gasteiger partial charge in [-0.05, 0) is 31.2 Å². The molecule has 2 heterocycles. The van der Waals surface area contributed by atoms with Gasteiger partial charge in [-0.2, -0.15) is 0 Å². The third-order valence-electron chi connectivity index (χ3n) is 4.30. The van der Waals surface area contributed by atoms with E-state index < -0.39 is 6.09 Å². The van der Waals surface area contributed by atoms with Crippen LogP contribution in [0, 0.1) is 0 Å². The van der Waals surface area contributed by atoms with Gasteiger partial charge in [-0.15, -0.1) is 0 Å². The third kappa shape index (κ3) is 4.17. The number of carbonyl (C=O) groups is 1. The van der Waals surface area contributed by atoms with E-state index in [1.165, 1.54) is 0 Å². The molecule has 0 spiro atoms. The highest BCUT2D eigenvalue weighted by atomic mass is 16.5. The highest BCUT2D eigenvalue weighted by Gasteiger charge is 2.20. The average molecular weight is 356 g/mol. The number of para-hydroxylation sites is 2. The first-order valence-electron chi connectivity index (χ1n) is 8.74. The number of hydrogen-bond acceptors (Lipinski definition) is 6. The van der Waals surface area contributed by atoms with Gasteiger partial charge in [0, 0.05) is 26.2 Å². The lowest BCUT2D eigenvalue weighted by atomic mass is 10.2. The summed E-state index contributed by atoms with van der Waals surface area (Å²) in [6.45, 7) is 5.64.